The van der Waals surface area contributed by atoms with Gasteiger partial charge < -0.3 is 15.0 Å². The number of nitrogens with one attached hydrogen (secondary N) is 1. The summed E-state index contributed by atoms with van der Waals surface area (Å²) < 4.78 is 24.8. The number of aryl methyl sites for hydroxylation is 1. The van der Waals surface area contributed by atoms with Gasteiger partial charge in [-0.3, -0.25) is 0 Å². The maximum Gasteiger partial charge on any atom is 0.220 e. The van der Waals surface area contributed by atoms with Crippen LogP contribution < -0.4 is 5.32 Å². The van der Waals surface area contributed by atoms with Gasteiger partial charge in [-0.1, -0.05) is 25.1 Å². The first-order valence-corrected chi connectivity index (χ1v) is 10.4. The van der Waals surface area contributed by atoms with Gasteiger partial charge in [0.25, 0.3) is 0 Å². The van der Waals surface area contributed by atoms with Gasteiger partial charge in [0, 0.05) is 18.0 Å². The fourth-order valence-corrected chi connectivity index (χ4v) is 4.91. The van der Waals surface area contributed by atoms with E-state index >= 15 is 0 Å². The molecule has 1 aliphatic heterocycles. The van der Waals surface area contributed by atoms with E-state index in [0.717, 1.165) is 17.3 Å². The van der Waals surface area contributed by atoms with E-state index in [-0.39, 0.29) is 28.5 Å². The summed E-state index contributed by atoms with van der Waals surface area (Å²) in [6.07, 6.45) is 1.39. The largest absolute Gasteiger partial charge is 0.493 e. The van der Waals surface area contributed by atoms with Crippen LogP contribution in [0.5, 0.6) is 5.88 Å². The van der Waals surface area contributed by atoms with Crippen molar-refractivity contribution in [2.45, 2.75) is 32.4 Å². The van der Waals surface area contributed by atoms with Crippen molar-refractivity contribution in [2.75, 3.05) is 11.5 Å². The van der Waals surface area contributed by atoms with E-state index in [1.807, 2.05) is 31.2 Å². The van der Waals surface area contributed by atoms with Crippen LogP contribution in [-0.2, 0) is 16.4 Å². The number of aromatic hydroxyl groups is 1. The first-order valence-electron chi connectivity index (χ1n) is 8.14. The molecule has 0 bridgehead atoms. The highest BCUT2D eigenvalue weighted by molar-refractivity contribution is 7.91. The molecule has 0 amide bonds. The summed E-state index contributed by atoms with van der Waals surface area (Å²) in [5, 5.41) is 22.4. The first kappa shape index (κ1) is 17.8. The smallest absolute Gasteiger partial charge is 0.220 e. The lowest BCUT2D eigenvalue weighted by Gasteiger charge is -2.08. The minimum atomic E-state index is -2.98. The monoisotopic (exact) mass is 380 g/mol. The fraction of sp³-hybridized carbons (Fsp3) is 0.438. The molecule has 1 aliphatic rings. The number of rotatable bonds is 4. The second-order valence-corrected chi connectivity index (χ2v) is 8.71. The molecule has 1 saturated heterocycles. The normalized spacial score (nSPS) is 19.6. The maximum atomic E-state index is 11.5. The van der Waals surface area contributed by atoms with E-state index < -0.39 is 9.84 Å². The zero-order chi connectivity index (χ0) is 18.0. The van der Waals surface area contributed by atoms with Crippen LogP contribution in [0.25, 0.3) is 10.9 Å². The van der Waals surface area contributed by atoms with Crippen molar-refractivity contribution in [1.82, 2.24) is 9.88 Å². The molecular weight excluding hydrogens is 360 g/mol. The van der Waals surface area contributed by atoms with E-state index in [2.05, 4.69) is 15.5 Å². The van der Waals surface area contributed by atoms with Crippen LogP contribution in [0.3, 0.4) is 0 Å². The van der Waals surface area contributed by atoms with Crippen LogP contribution in [0.1, 0.15) is 19.8 Å². The third kappa shape index (κ3) is 3.82. The first-order chi connectivity index (χ1) is 11.9. The van der Waals surface area contributed by atoms with Crippen molar-refractivity contribution in [3.8, 4) is 5.88 Å². The number of thiocarbonyl (C=S) groups is 1. The quantitative estimate of drug-likeness (QED) is 0.628. The second kappa shape index (κ2) is 7.09. The Morgan fingerprint density at radius 3 is 2.88 bits per heavy atom. The molecule has 0 spiro atoms. The molecular formula is C16H20N4O3S2. The molecule has 0 saturated carbocycles. The van der Waals surface area contributed by atoms with Crippen molar-refractivity contribution in [3.63, 3.8) is 0 Å². The van der Waals surface area contributed by atoms with Gasteiger partial charge in [-0.15, -0.1) is 10.2 Å². The number of para-hydroxylation sites is 1. The minimum Gasteiger partial charge on any atom is -0.493 e. The fourth-order valence-electron chi connectivity index (χ4n) is 3.03. The molecule has 9 heteroatoms. The Balaban J connectivity index is 1.81. The summed E-state index contributed by atoms with van der Waals surface area (Å²) in [5.74, 6) is 0.275. The number of nitrogens with zero attached hydrogens (tertiary/aromatic N) is 3. The van der Waals surface area contributed by atoms with Crippen molar-refractivity contribution in [2.24, 2.45) is 10.2 Å². The van der Waals surface area contributed by atoms with Gasteiger partial charge in [-0.25, -0.2) is 8.42 Å². The molecule has 2 aromatic rings. The molecule has 1 fully saturated rings. The second-order valence-electron chi connectivity index (χ2n) is 6.09. The average Bonchev–Trinajstić information content (AvgIpc) is 3.04. The number of aromatic nitrogens is 1. The molecule has 3 rings (SSSR count). The minimum absolute atomic E-state index is 0.0537. The molecule has 2 heterocycles. The van der Waals surface area contributed by atoms with E-state index in [9.17, 15) is 13.5 Å². The highest BCUT2D eigenvalue weighted by Gasteiger charge is 2.28. The summed E-state index contributed by atoms with van der Waals surface area (Å²) in [6, 6.07) is 7.34. The number of hydrogen-bond donors (Lipinski definition) is 2. The third-order valence-corrected chi connectivity index (χ3v) is 6.13. The lowest BCUT2D eigenvalue weighted by molar-refractivity contribution is 0.421. The number of benzene rings is 1. The van der Waals surface area contributed by atoms with Gasteiger partial charge in [0.05, 0.1) is 17.0 Å². The van der Waals surface area contributed by atoms with E-state index in [1.54, 1.807) is 4.57 Å². The third-order valence-electron chi connectivity index (χ3n) is 4.17. The highest BCUT2D eigenvalue weighted by Crippen LogP contribution is 2.38. The molecule has 25 heavy (non-hydrogen) atoms. The van der Waals surface area contributed by atoms with E-state index in [1.165, 1.54) is 0 Å². The molecule has 1 atom stereocenters. The summed E-state index contributed by atoms with van der Waals surface area (Å²) >= 11 is 5.13. The average molecular weight is 380 g/mol. The molecule has 2 N–H and O–H groups in total. The number of fused-ring (bicyclic) bond motifs is 1. The van der Waals surface area contributed by atoms with Gasteiger partial charge in [0.15, 0.2) is 15.5 Å². The van der Waals surface area contributed by atoms with Crippen molar-refractivity contribution in [1.29, 1.82) is 0 Å². The lowest BCUT2D eigenvalue weighted by atomic mass is 10.2. The van der Waals surface area contributed by atoms with Crippen LogP contribution in [-0.4, -0.2) is 40.8 Å². The van der Waals surface area contributed by atoms with Crippen LogP contribution in [0.4, 0.5) is 5.69 Å². The van der Waals surface area contributed by atoms with Crippen LogP contribution in [0, 0.1) is 0 Å². The molecule has 0 unspecified atom stereocenters. The van der Waals surface area contributed by atoms with E-state index in [0.29, 0.717) is 18.7 Å². The van der Waals surface area contributed by atoms with Gasteiger partial charge in [0.1, 0.15) is 0 Å². The van der Waals surface area contributed by atoms with Crippen LogP contribution in [0.2, 0.25) is 0 Å². The van der Waals surface area contributed by atoms with Crippen LogP contribution in [0.15, 0.2) is 34.5 Å². The van der Waals surface area contributed by atoms with E-state index in [4.69, 9.17) is 12.2 Å². The predicted molar refractivity (Wildman–Crippen MR) is 101 cm³/mol. The standard InChI is InChI=1S/C16H20N4O3S2/c1-2-8-20-13-6-4-3-5-12(13)14(15(20)21)18-19-16(24)17-11-7-9-25(22,23)10-11/h3-6,11,21H,2,7-10H2,1H3,(H,17,24)/t11-/m0/s1. The summed E-state index contributed by atoms with van der Waals surface area (Å²) in [4.78, 5) is 0. The summed E-state index contributed by atoms with van der Waals surface area (Å²) in [7, 11) is -2.98. The number of sulfone groups is 1. The van der Waals surface area contributed by atoms with Gasteiger partial charge in [0.2, 0.25) is 11.0 Å². The molecule has 1 aromatic heterocycles. The SMILES string of the molecule is CCCn1c(O)c(N=NC(=S)N[C@H]2CCS(=O)(=O)C2)c2ccccc21. The number of azo groups is 1. The summed E-state index contributed by atoms with van der Waals surface area (Å²) in [5.41, 5.74) is 1.25. The van der Waals surface area contributed by atoms with Gasteiger partial charge >= 0.3 is 0 Å². The molecule has 0 radical (unpaired) electrons. The van der Waals surface area contributed by atoms with Crippen molar-refractivity contribution < 1.29 is 13.5 Å². The zero-order valence-electron chi connectivity index (χ0n) is 13.8. The Morgan fingerprint density at radius 2 is 2.20 bits per heavy atom. The van der Waals surface area contributed by atoms with Crippen molar-refractivity contribution >= 4 is 43.8 Å². The molecule has 134 valence electrons. The Bertz CT molecular complexity index is 934. The zero-order valence-corrected chi connectivity index (χ0v) is 15.5. The maximum absolute atomic E-state index is 11.5. The number of hydrogen-bond acceptors (Lipinski definition) is 5. The lowest BCUT2D eigenvalue weighted by Crippen LogP contribution is -2.33. The van der Waals surface area contributed by atoms with Gasteiger partial charge in [-0.2, -0.15) is 0 Å². The van der Waals surface area contributed by atoms with Crippen molar-refractivity contribution in [3.05, 3.63) is 24.3 Å². The Hall–Kier alpha value is -2.00. The highest BCUT2D eigenvalue weighted by atomic mass is 32.2. The van der Waals surface area contributed by atoms with Crippen LogP contribution >= 0.6 is 12.2 Å². The Labute approximate surface area is 151 Å². The topological polar surface area (TPSA) is 96.0 Å². The molecule has 1 aromatic carbocycles. The Kier molecular flexibility index (Phi) is 5.05. The predicted octanol–water partition coefficient (Wildman–Crippen LogP) is 2.90. The van der Waals surface area contributed by atoms with Gasteiger partial charge in [-0.05, 0) is 31.1 Å². The Morgan fingerprint density at radius 1 is 1.44 bits per heavy atom. The summed E-state index contributed by atoms with van der Waals surface area (Å²) in [6.45, 7) is 2.70. The molecule has 7 nitrogen and oxygen atoms in total. The molecule has 0 aliphatic carbocycles.